The van der Waals surface area contributed by atoms with Crippen molar-refractivity contribution in [3.63, 3.8) is 0 Å². The highest BCUT2D eigenvalue weighted by Crippen LogP contribution is 2.27. The van der Waals surface area contributed by atoms with E-state index in [1.807, 2.05) is 4.68 Å². The van der Waals surface area contributed by atoms with Crippen LogP contribution in [0.1, 0.15) is 49.9 Å². The summed E-state index contributed by atoms with van der Waals surface area (Å²) in [5, 5.41) is 4.59. The molecule has 1 aliphatic rings. The molecule has 0 radical (unpaired) electrons. The Hall–Kier alpha value is -1.81. The van der Waals surface area contributed by atoms with Gasteiger partial charge in [0.15, 0.2) is 0 Å². The maximum Gasteiger partial charge on any atom is 0.124 e. The summed E-state index contributed by atoms with van der Waals surface area (Å²) in [7, 11) is 0. The van der Waals surface area contributed by atoms with Crippen molar-refractivity contribution in [2.45, 2.75) is 65.8 Å². The van der Waals surface area contributed by atoms with Gasteiger partial charge in [-0.15, -0.1) is 0 Å². The quantitative estimate of drug-likeness (QED) is 0.798. The van der Waals surface area contributed by atoms with E-state index in [1.165, 1.54) is 24.0 Å². The number of nitrogens with zero attached hydrogens (tertiary/aromatic N) is 3. The van der Waals surface area contributed by atoms with Crippen LogP contribution in [0.3, 0.4) is 0 Å². The average molecular weight is 327 g/mol. The second-order valence-corrected chi connectivity index (χ2v) is 6.75. The smallest absolute Gasteiger partial charge is 0.124 e. The number of benzene rings is 1. The minimum Gasteiger partial charge on any atom is -0.489 e. The molecule has 0 bridgehead atoms. The summed E-state index contributed by atoms with van der Waals surface area (Å²) in [6.45, 7) is 10.3. The summed E-state index contributed by atoms with van der Waals surface area (Å²) in [6, 6.07) is 8.47. The Kier molecular flexibility index (Phi) is 5.56. The third-order valence-corrected chi connectivity index (χ3v) is 4.77. The van der Waals surface area contributed by atoms with Crippen LogP contribution < -0.4 is 4.74 Å². The molecular formula is C20H29N3O. The number of hydrogen-bond acceptors (Lipinski definition) is 3. The number of fused-ring (bicyclic) bond motifs is 1. The molecule has 1 unspecified atom stereocenters. The molecule has 0 N–H and O–H groups in total. The van der Waals surface area contributed by atoms with E-state index in [-0.39, 0.29) is 6.10 Å². The van der Waals surface area contributed by atoms with Gasteiger partial charge in [-0.3, -0.25) is 9.58 Å². The van der Waals surface area contributed by atoms with E-state index in [9.17, 15) is 0 Å². The lowest BCUT2D eigenvalue weighted by molar-refractivity contribution is 0.133. The van der Waals surface area contributed by atoms with Crippen LogP contribution in [-0.2, 0) is 19.6 Å². The first-order valence-electron chi connectivity index (χ1n) is 9.19. The third-order valence-electron chi connectivity index (χ3n) is 4.77. The van der Waals surface area contributed by atoms with Gasteiger partial charge in [0.25, 0.3) is 0 Å². The van der Waals surface area contributed by atoms with Crippen LogP contribution in [0.4, 0.5) is 0 Å². The van der Waals surface area contributed by atoms with Crippen molar-refractivity contribution in [1.29, 1.82) is 0 Å². The summed E-state index contributed by atoms with van der Waals surface area (Å²) in [4.78, 5) is 2.51. The van der Waals surface area contributed by atoms with Crippen LogP contribution in [-0.4, -0.2) is 27.3 Å². The van der Waals surface area contributed by atoms with E-state index < -0.39 is 0 Å². The van der Waals surface area contributed by atoms with Gasteiger partial charge in [0.1, 0.15) is 11.9 Å². The van der Waals surface area contributed by atoms with Crippen LogP contribution in [0.15, 0.2) is 30.5 Å². The van der Waals surface area contributed by atoms with Crippen molar-refractivity contribution in [3.8, 4) is 5.75 Å². The normalized spacial score (nSPS) is 18.0. The fourth-order valence-electron chi connectivity index (χ4n) is 3.38. The Morgan fingerprint density at radius 1 is 1.25 bits per heavy atom. The first-order valence-corrected chi connectivity index (χ1v) is 9.19. The zero-order valence-electron chi connectivity index (χ0n) is 15.2. The van der Waals surface area contributed by atoms with Crippen molar-refractivity contribution < 1.29 is 4.74 Å². The molecule has 0 fully saturated rings. The molecule has 24 heavy (non-hydrogen) atoms. The zero-order chi connectivity index (χ0) is 16.9. The summed E-state index contributed by atoms with van der Waals surface area (Å²) in [6.07, 6.45) is 6.01. The molecule has 1 atom stereocenters. The number of aromatic nitrogens is 2. The lowest BCUT2D eigenvalue weighted by atomic mass is 10.1. The van der Waals surface area contributed by atoms with Crippen LogP contribution in [0.2, 0.25) is 0 Å². The molecule has 0 amide bonds. The maximum absolute atomic E-state index is 6.32. The highest BCUT2D eigenvalue weighted by atomic mass is 16.5. The Balaban J connectivity index is 1.79. The number of hydrogen-bond donors (Lipinski definition) is 0. The third kappa shape index (κ3) is 3.99. The molecule has 1 aliphatic heterocycles. The molecule has 0 saturated carbocycles. The van der Waals surface area contributed by atoms with Crippen LogP contribution in [0.25, 0.3) is 0 Å². The van der Waals surface area contributed by atoms with Crippen molar-refractivity contribution in [2.75, 3.05) is 6.54 Å². The Morgan fingerprint density at radius 3 is 2.83 bits per heavy atom. The van der Waals surface area contributed by atoms with Gasteiger partial charge in [-0.05, 0) is 32.8 Å². The Bertz CT molecular complexity index is 665. The zero-order valence-corrected chi connectivity index (χ0v) is 15.2. The lowest BCUT2D eigenvalue weighted by Gasteiger charge is -2.23. The molecule has 2 aromatic rings. The van der Waals surface area contributed by atoms with Gasteiger partial charge in [0, 0.05) is 43.5 Å². The molecule has 0 spiro atoms. The predicted octanol–water partition coefficient (Wildman–Crippen LogP) is 4.16. The van der Waals surface area contributed by atoms with E-state index in [4.69, 9.17) is 4.74 Å². The Labute approximate surface area is 145 Å². The van der Waals surface area contributed by atoms with Gasteiger partial charge in [0.05, 0.1) is 5.69 Å². The van der Waals surface area contributed by atoms with Gasteiger partial charge < -0.3 is 4.74 Å². The number of aryl methyl sites for hydroxylation is 2. The predicted molar refractivity (Wildman–Crippen MR) is 97.1 cm³/mol. The standard InChI is InChI=1S/C20H29N3O/c1-4-6-10-19-15-22(12-17-9-7-8-11-20(17)24-19)13-18-14-23(5-2)21-16(18)3/h7-9,11,14,19H,4-6,10,12-13,15H2,1-3H3. The molecule has 4 nitrogen and oxygen atoms in total. The van der Waals surface area contributed by atoms with Crippen LogP contribution in [0.5, 0.6) is 5.75 Å². The first-order chi connectivity index (χ1) is 11.7. The molecule has 2 heterocycles. The van der Waals surface area contributed by atoms with E-state index in [1.54, 1.807) is 0 Å². The van der Waals surface area contributed by atoms with Crippen molar-refractivity contribution in [2.24, 2.45) is 0 Å². The lowest BCUT2D eigenvalue weighted by Crippen LogP contribution is -2.32. The second-order valence-electron chi connectivity index (χ2n) is 6.75. The maximum atomic E-state index is 6.32. The van der Waals surface area contributed by atoms with Gasteiger partial charge in [0.2, 0.25) is 0 Å². The highest BCUT2D eigenvalue weighted by molar-refractivity contribution is 5.34. The SMILES string of the molecule is CCCCC1CN(Cc2cn(CC)nc2C)Cc2ccccc2O1. The van der Waals surface area contributed by atoms with Crippen LogP contribution >= 0.6 is 0 Å². The molecule has 4 heteroatoms. The van der Waals surface area contributed by atoms with Gasteiger partial charge >= 0.3 is 0 Å². The Morgan fingerprint density at radius 2 is 2.08 bits per heavy atom. The van der Waals surface area contributed by atoms with Crippen molar-refractivity contribution >= 4 is 0 Å². The molecule has 0 aliphatic carbocycles. The summed E-state index contributed by atoms with van der Waals surface area (Å²) >= 11 is 0. The van der Waals surface area contributed by atoms with Gasteiger partial charge in [-0.2, -0.15) is 5.10 Å². The fourth-order valence-corrected chi connectivity index (χ4v) is 3.38. The fraction of sp³-hybridized carbons (Fsp3) is 0.550. The minimum absolute atomic E-state index is 0.273. The van der Waals surface area contributed by atoms with E-state index in [2.05, 4.69) is 61.2 Å². The molecule has 130 valence electrons. The van der Waals surface area contributed by atoms with Gasteiger partial charge in [-0.1, -0.05) is 31.5 Å². The monoisotopic (exact) mass is 327 g/mol. The molecule has 1 aromatic carbocycles. The average Bonchev–Trinajstić information content (AvgIpc) is 2.84. The molecular weight excluding hydrogens is 298 g/mol. The summed E-state index contributed by atoms with van der Waals surface area (Å²) in [5.74, 6) is 1.06. The van der Waals surface area contributed by atoms with Crippen molar-refractivity contribution in [3.05, 3.63) is 47.3 Å². The molecule has 0 saturated heterocycles. The van der Waals surface area contributed by atoms with E-state index in [0.29, 0.717) is 0 Å². The highest BCUT2D eigenvalue weighted by Gasteiger charge is 2.23. The largest absolute Gasteiger partial charge is 0.489 e. The number of para-hydroxylation sites is 1. The second kappa shape index (κ2) is 7.84. The van der Waals surface area contributed by atoms with Crippen molar-refractivity contribution in [1.82, 2.24) is 14.7 Å². The molecule has 3 rings (SSSR count). The molecule has 1 aromatic heterocycles. The number of ether oxygens (including phenoxy) is 1. The summed E-state index contributed by atoms with van der Waals surface area (Å²) < 4.78 is 8.35. The number of unbranched alkanes of at least 4 members (excludes halogenated alkanes) is 1. The van der Waals surface area contributed by atoms with Gasteiger partial charge in [-0.25, -0.2) is 0 Å². The minimum atomic E-state index is 0.273. The summed E-state index contributed by atoms with van der Waals surface area (Å²) in [5.41, 5.74) is 3.75. The number of rotatable bonds is 6. The van der Waals surface area contributed by atoms with E-state index in [0.717, 1.165) is 44.0 Å². The topological polar surface area (TPSA) is 30.3 Å². The first kappa shape index (κ1) is 17.0. The van der Waals surface area contributed by atoms with Crippen LogP contribution in [0, 0.1) is 6.92 Å². The van der Waals surface area contributed by atoms with E-state index >= 15 is 0 Å².